The maximum absolute atomic E-state index is 11.5. The molecule has 0 unspecified atom stereocenters. The summed E-state index contributed by atoms with van der Waals surface area (Å²) in [6.45, 7) is 4.00. The molecule has 2 rings (SSSR count). The number of carbonyl (C=O) groups is 1. The molecule has 0 aromatic heterocycles. The molecule has 0 bridgehead atoms. The van der Waals surface area contributed by atoms with E-state index in [-0.39, 0.29) is 0 Å². The van der Waals surface area contributed by atoms with Crippen LogP contribution in [0.1, 0.15) is 49.0 Å². The molecule has 0 atom stereocenters. The Morgan fingerprint density at radius 1 is 1.00 bits per heavy atom. The van der Waals surface area contributed by atoms with Crippen LogP contribution in [-0.2, 0) is 6.42 Å². The SMILES string of the molecule is CC.O=C1CCCCc2ccccc21. The number of carbonyl (C=O) groups excluding carboxylic acids is 1. The minimum atomic E-state index is 0.322. The number of rotatable bonds is 0. The monoisotopic (exact) mass is 190 g/mol. The summed E-state index contributed by atoms with van der Waals surface area (Å²) in [7, 11) is 0. The number of hydrogen-bond acceptors (Lipinski definition) is 1. The van der Waals surface area contributed by atoms with Crippen molar-refractivity contribution in [1.29, 1.82) is 0 Å². The van der Waals surface area contributed by atoms with Gasteiger partial charge in [-0.1, -0.05) is 38.1 Å². The van der Waals surface area contributed by atoms with Gasteiger partial charge in [0.05, 0.1) is 0 Å². The summed E-state index contributed by atoms with van der Waals surface area (Å²) in [6, 6.07) is 7.97. The molecule has 0 amide bonds. The van der Waals surface area contributed by atoms with Crippen LogP contribution in [0.4, 0.5) is 0 Å². The third kappa shape index (κ3) is 2.44. The molecule has 14 heavy (non-hydrogen) atoms. The molecule has 0 saturated carbocycles. The van der Waals surface area contributed by atoms with Crippen molar-refractivity contribution >= 4 is 5.78 Å². The minimum absolute atomic E-state index is 0.322. The molecular weight excluding hydrogens is 172 g/mol. The molecule has 76 valence electrons. The van der Waals surface area contributed by atoms with Crippen molar-refractivity contribution in [3.05, 3.63) is 35.4 Å². The number of hydrogen-bond donors (Lipinski definition) is 0. The van der Waals surface area contributed by atoms with Gasteiger partial charge in [0.15, 0.2) is 5.78 Å². The molecule has 0 heterocycles. The molecule has 1 aromatic rings. The van der Waals surface area contributed by atoms with E-state index in [0.717, 1.165) is 31.2 Å². The molecule has 0 radical (unpaired) electrons. The Kier molecular flexibility index (Phi) is 4.37. The van der Waals surface area contributed by atoms with E-state index < -0.39 is 0 Å². The quantitative estimate of drug-likeness (QED) is 0.571. The Labute approximate surface area is 86.1 Å². The largest absolute Gasteiger partial charge is 0.294 e. The first-order chi connectivity index (χ1) is 6.88. The summed E-state index contributed by atoms with van der Waals surface area (Å²) in [5.74, 6) is 0.322. The van der Waals surface area contributed by atoms with E-state index in [2.05, 4.69) is 6.07 Å². The second-order valence-electron chi connectivity index (χ2n) is 3.29. The lowest BCUT2D eigenvalue weighted by Crippen LogP contribution is -1.98. The Balaban J connectivity index is 0.000000461. The molecule has 0 N–H and O–H groups in total. The van der Waals surface area contributed by atoms with Crippen molar-refractivity contribution in [2.24, 2.45) is 0 Å². The average Bonchev–Trinajstić information content (AvgIpc) is 2.45. The molecule has 1 heteroatoms. The van der Waals surface area contributed by atoms with Gasteiger partial charge >= 0.3 is 0 Å². The maximum atomic E-state index is 11.5. The lowest BCUT2D eigenvalue weighted by Gasteiger charge is -2.01. The highest BCUT2D eigenvalue weighted by Crippen LogP contribution is 2.19. The molecule has 1 aliphatic carbocycles. The van der Waals surface area contributed by atoms with Gasteiger partial charge in [-0.3, -0.25) is 4.79 Å². The van der Waals surface area contributed by atoms with Gasteiger partial charge in [-0.2, -0.15) is 0 Å². The van der Waals surface area contributed by atoms with Crippen LogP contribution in [0.2, 0.25) is 0 Å². The topological polar surface area (TPSA) is 17.1 Å². The van der Waals surface area contributed by atoms with E-state index in [1.165, 1.54) is 5.56 Å². The van der Waals surface area contributed by atoms with E-state index in [0.29, 0.717) is 5.78 Å². The van der Waals surface area contributed by atoms with Crippen molar-refractivity contribution in [1.82, 2.24) is 0 Å². The summed E-state index contributed by atoms with van der Waals surface area (Å²) in [6.07, 6.45) is 4.01. The number of fused-ring (bicyclic) bond motifs is 1. The zero-order valence-electron chi connectivity index (χ0n) is 9.05. The van der Waals surface area contributed by atoms with Crippen molar-refractivity contribution in [2.75, 3.05) is 0 Å². The normalized spacial score (nSPS) is 14.9. The van der Waals surface area contributed by atoms with Crippen LogP contribution in [0, 0.1) is 0 Å². The Hall–Kier alpha value is -1.11. The van der Waals surface area contributed by atoms with E-state index in [1.807, 2.05) is 32.0 Å². The third-order valence-electron chi connectivity index (χ3n) is 2.42. The third-order valence-corrected chi connectivity index (χ3v) is 2.42. The smallest absolute Gasteiger partial charge is 0.163 e. The maximum Gasteiger partial charge on any atom is 0.163 e. The summed E-state index contributed by atoms with van der Waals surface area (Å²) < 4.78 is 0. The van der Waals surface area contributed by atoms with Crippen LogP contribution in [0.25, 0.3) is 0 Å². The van der Waals surface area contributed by atoms with Gasteiger partial charge in [-0.05, 0) is 24.8 Å². The summed E-state index contributed by atoms with van der Waals surface area (Å²) in [5.41, 5.74) is 2.19. The molecule has 0 spiro atoms. The predicted molar refractivity (Wildman–Crippen MR) is 59.7 cm³/mol. The van der Waals surface area contributed by atoms with Gasteiger partial charge in [0.1, 0.15) is 0 Å². The number of ketones is 1. The first-order valence-electron chi connectivity index (χ1n) is 5.49. The van der Waals surface area contributed by atoms with Crippen molar-refractivity contribution in [3.63, 3.8) is 0 Å². The van der Waals surface area contributed by atoms with Crippen LogP contribution < -0.4 is 0 Å². The summed E-state index contributed by atoms with van der Waals surface area (Å²) in [4.78, 5) is 11.5. The fraction of sp³-hybridized carbons (Fsp3) is 0.462. The Bertz CT molecular complexity index is 302. The van der Waals surface area contributed by atoms with Crippen molar-refractivity contribution in [2.45, 2.75) is 39.5 Å². The van der Waals surface area contributed by atoms with E-state index in [4.69, 9.17) is 0 Å². The highest BCUT2D eigenvalue weighted by atomic mass is 16.1. The first-order valence-corrected chi connectivity index (χ1v) is 5.49. The van der Waals surface area contributed by atoms with Gasteiger partial charge in [0, 0.05) is 12.0 Å². The number of benzene rings is 1. The van der Waals surface area contributed by atoms with Gasteiger partial charge in [-0.15, -0.1) is 0 Å². The highest BCUT2D eigenvalue weighted by molar-refractivity contribution is 5.97. The molecule has 0 aliphatic heterocycles. The van der Waals surface area contributed by atoms with Crippen LogP contribution in [0.15, 0.2) is 24.3 Å². The van der Waals surface area contributed by atoms with Crippen LogP contribution in [0.3, 0.4) is 0 Å². The molecular formula is C13H18O. The predicted octanol–water partition coefficient (Wildman–Crippen LogP) is 3.62. The molecule has 0 saturated heterocycles. The average molecular weight is 190 g/mol. The van der Waals surface area contributed by atoms with Gasteiger partial charge in [-0.25, -0.2) is 0 Å². The van der Waals surface area contributed by atoms with E-state index in [1.54, 1.807) is 0 Å². The van der Waals surface area contributed by atoms with Crippen LogP contribution in [-0.4, -0.2) is 5.78 Å². The van der Waals surface area contributed by atoms with E-state index in [9.17, 15) is 4.79 Å². The van der Waals surface area contributed by atoms with E-state index >= 15 is 0 Å². The number of Topliss-reactive ketones (excluding diaryl/α,β-unsaturated/α-hetero) is 1. The highest BCUT2D eigenvalue weighted by Gasteiger charge is 2.13. The standard InChI is InChI=1S/C11H12O.C2H6/c12-11-8-4-2-6-9-5-1-3-7-10(9)11;1-2/h1,3,5,7H,2,4,6,8H2;1-2H3. The summed E-state index contributed by atoms with van der Waals surface area (Å²) >= 11 is 0. The molecule has 0 fully saturated rings. The van der Waals surface area contributed by atoms with Crippen molar-refractivity contribution in [3.8, 4) is 0 Å². The van der Waals surface area contributed by atoms with Crippen LogP contribution in [0.5, 0.6) is 0 Å². The fourth-order valence-electron chi connectivity index (χ4n) is 1.75. The Morgan fingerprint density at radius 3 is 2.43 bits per heavy atom. The summed E-state index contributed by atoms with van der Waals surface area (Å²) in [5, 5.41) is 0. The van der Waals surface area contributed by atoms with Gasteiger partial charge in [0.2, 0.25) is 0 Å². The lowest BCUT2D eigenvalue weighted by atomic mass is 10.0. The second-order valence-corrected chi connectivity index (χ2v) is 3.29. The van der Waals surface area contributed by atoms with Crippen LogP contribution >= 0.6 is 0 Å². The minimum Gasteiger partial charge on any atom is -0.294 e. The van der Waals surface area contributed by atoms with Gasteiger partial charge in [0.25, 0.3) is 0 Å². The molecule has 1 nitrogen and oxygen atoms in total. The first kappa shape index (κ1) is 11.0. The zero-order valence-corrected chi connectivity index (χ0v) is 9.05. The van der Waals surface area contributed by atoms with Crippen molar-refractivity contribution < 1.29 is 4.79 Å². The second kappa shape index (κ2) is 5.58. The lowest BCUT2D eigenvalue weighted by molar-refractivity contribution is 0.0982. The Morgan fingerprint density at radius 2 is 1.64 bits per heavy atom. The number of aryl methyl sites for hydroxylation is 1. The zero-order chi connectivity index (χ0) is 10.4. The fourth-order valence-corrected chi connectivity index (χ4v) is 1.75. The van der Waals surface area contributed by atoms with Gasteiger partial charge < -0.3 is 0 Å². The molecule has 1 aliphatic rings. The molecule has 1 aromatic carbocycles.